The summed E-state index contributed by atoms with van der Waals surface area (Å²) in [7, 11) is -4.46. The molecule has 0 saturated carbocycles. The van der Waals surface area contributed by atoms with E-state index < -0.39 is 27.4 Å². The fourth-order valence-corrected chi connectivity index (χ4v) is 3.66. The lowest BCUT2D eigenvalue weighted by atomic mass is 10.0. The zero-order valence-corrected chi connectivity index (χ0v) is 17.1. The third-order valence-electron chi connectivity index (χ3n) is 4.42. The van der Waals surface area contributed by atoms with Crippen LogP contribution >= 0.6 is 0 Å². The number of halogens is 2. The van der Waals surface area contributed by atoms with E-state index in [0.29, 0.717) is 11.1 Å². The Balaban J connectivity index is 2.07. The second-order valence-corrected chi connectivity index (χ2v) is 8.22. The standard InChI is InChI=1S/C24H20F2O3S/c1-3-19-11-13-21(14-12-19)24(25,26)23(17-20-7-5-4-6-8-20)29-30(27,28)22-15-9-18(2)10-16-22/h3-17H,1H2,2H3/b23-17-. The van der Waals surface area contributed by atoms with Crippen LogP contribution in [0.25, 0.3) is 12.2 Å². The molecule has 0 aliphatic carbocycles. The van der Waals surface area contributed by atoms with Crippen LogP contribution in [0.5, 0.6) is 0 Å². The first-order valence-electron chi connectivity index (χ1n) is 9.11. The molecule has 0 aliphatic rings. The zero-order valence-electron chi connectivity index (χ0n) is 16.3. The minimum atomic E-state index is -4.46. The van der Waals surface area contributed by atoms with Crippen molar-refractivity contribution in [1.82, 2.24) is 0 Å². The van der Waals surface area contributed by atoms with Crippen molar-refractivity contribution in [2.24, 2.45) is 0 Å². The molecule has 0 N–H and O–H groups in total. The fraction of sp³-hybridized carbons (Fsp3) is 0.0833. The van der Waals surface area contributed by atoms with Gasteiger partial charge >= 0.3 is 16.0 Å². The molecule has 0 atom stereocenters. The summed E-state index contributed by atoms with van der Waals surface area (Å²) in [5.41, 5.74) is 1.49. The van der Waals surface area contributed by atoms with Gasteiger partial charge in [0.25, 0.3) is 0 Å². The summed E-state index contributed by atoms with van der Waals surface area (Å²) in [5.74, 6) is -4.67. The average molecular weight is 426 g/mol. The number of benzene rings is 3. The molecular formula is C24H20F2O3S. The molecule has 3 nitrogen and oxygen atoms in total. The van der Waals surface area contributed by atoms with Gasteiger partial charge in [-0.15, -0.1) is 0 Å². The highest BCUT2D eigenvalue weighted by Gasteiger charge is 2.41. The van der Waals surface area contributed by atoms with Gasteiger partial charge in [0.2, 0.25) is 0 Å². The van der Waals surface area contributed by atoms with Crippen LogP contribution in [0, 0.1) is 6.92 Å². The molecule has 0 spiro atoms. The zero-order chi connectivity index (χ0) is 21.8. The first kappa shape index (κ1) is 21.5. The van der Waals surface area contributed by atoms with Crippen molar-refractivity contribution < 1.29 is 21.4 Å². The van der Waals surface area contributed by atoms with E-state index in [1.54, 1.807) is 49.4 Å². The van der Waals surface area contributed by atoms with E-state index in [2.05, 4.69) is 6.58 Å². The SMILES string of the molecule is C=Cc1ccc(C(F)(F)/C(=C/c2ccccc2)OS(=O)(=O)c2ccc(C)cc2)cc1. The maximum Gasteiger partial charge on any atom is 0.339 e. The van der Waals surface area contributed by atoms with Crippen LogP contribution in [-0.2, 0) is 20.2 Å². The Morgan fingerprint density at radius 2 is 1.50 bits per heavy atom. The minimum Gasteiger partial charge on any atom is -0.377 e. The predicted molar refractivity (Wildman–Crippen MR) is 114 cm³/mol. The number of hydrogen-bond donors (Lipinski definition) is 0. The fourth-order valence-electron chi connectivity index (χ4n) is 2.71. The summed E-state index contributed by atoms with van der Waals surface area (Å²) in [6.45, 7) is 5.39. The van der Waals surface area contributed by atoms with Crippen molar-refractivity contribution in [2.75, 3.05) is 0 Å². The number of alkyl halides is 2. The number of aryl methyl sites for hydroxylation is 1. The lowest BCUT2D eigenvalue weighted by molar-refractivity contribution is 0.00381. The molecule has 6 heteroatoms. The van der Waals surface area contributed by atoms with Crippen LogP contribution in [0.3, 0.4) is 0 Å². The highest BCUT2D eigenvalue weighted by molar-refractivity contribution is 7.86. The van der Waals surface area contributed by atoms with Crippen molar-refractivity contribution in [1.29, 1.82) is 0 Å². The molecule has 3 aromatic carbocycles. The highest BCUT2D eigenvalue weighted by Crippen LogP contribution is 2.39. The van der Waals surface area contributed by atoms with Gasteiger partial charge in [-0.05, 0) is 36.3 Å². The smallest absolute Gasteiger partial charge is 0.339 e. The summed E-state index contributed by atoms with van der Waals surface area (Å²) in [6, 6.07) is 19.4. The summed E-state index contributed by atoms with van der Waals surface area (Å²) in [6.07, 6.45) is 2.56. The topological polar surface area (TPSA) is 43.4 Å². The molecular weight excluding hydrogens is 406 g/mol. The Labute approximate surface area is 175 Å². The van der Waals surface area contributed by atoms with Crippen LogP contribution in [0.1, 0.15) is 22.3 Å². The second kappa shape index (κ2) is 8.63. The van der Waals surface area contributed by atoms with Crippen LogP contribution in [-0.4, -0.2) is 8.42 Å². The van der Waals surface area contributed by atoms with E-state index >= 15 is 8.78 Å². The predicted octanol–water partition coefficient (Wildman–Crippen LogP) is 6.18. The molecule has 0 bridgehead atoms. The Morgan fingerprint density at radius 1 is 0.900 bits per heavy atom. The van der Waals surface area contributed by atoms with E-state index in [1.807, 2.05) is 0 Å². The lowest BCUT2D eigenvalue weighted by Crippen LogP contribution is -2.22. The Hall–Kier alpha value is -3.25. The van der Waals surface area contributed by atoms with Gasteiger partial charge in [0.15, 0.2) is 5.76 Å². The molecule has 0 fully saturated rings. The first-order chi connectivity index (χ1) is 14.2. The molecule has 0 aromatic heterocycles. The Bertz CT molecular complexity index is 1150. The third-order valence-corrected chi connectivity index (χ3v) is 5.67. The molecule has 0 saturated heterocycles. The van der Waals surface area contributed by atoms with Crippen molar-refractivity contribution >= 4 is 22.3 Å². The number of hydrogen-bond acceptors (Lipinski definition) is 3. The summed E-state index contributed by atoms with van der Waals surface area (Å²) in [5, 5.41) is 0. The van der Waals surface area contributed by atoms with Gasteiger partial charge in [0, 0.05) is 5.56 Å². The number of allylic oxidation sites excluding steroid dienone is 1. The Morgan fingerprint density at radius 3 is 2.07 bits per heavy atom. The molecule has 0 heterocycles. The molecule has 30 heavy (non-hydrogen) atoms. The van der Waals surface area contributed by atoms with Gasteiger partial charge in [-0.1, -0.05) is 84.9 Å². The van der Waals surface area contributed by atoms with Gasteiger partial charge in [-0.25, -0.2) is 0 Å². The normalized spacial score (nSPS) is 12.4. The van der Waals surface area contributed by atoms with Crippen LogP contribution in [0.4, 0.5) is 8.78 Å². The monoisotopic (exact) mass is 426 g/mol. The van der Waals surface area contributed by atoms with Gasteiger partial charge in [0.05, 0.1) is 0 Å². The summed E-state index contributed by atoms with van der Waals surface area (Å²) >= 11 is 0. The quantitative estimate of drug-likeness (QED) is 0.335. The van der Waals surface area contributed by atoms with E-state index in [-0.39, 0.29) is 4.90 Å². The van der Waals surface area contributed by atoms with Crippen molar-refractivity contribution in [2.45, 2.75) is 17.7 Å². The van der Waals surface area contributed by atoms with Crippen molar-refractivity contribution in [3.05, 3.63) is 113 Å². The van der Waals surface area contributed by atoms with Crippen molar-refractivity contribution in [3.8, 4) is 0 Å². The Kier molecular flexibility index (Phi) is 6.17. The van der Waals surface area contributed by atoms with Crippen LogP contribution < -0.4 is 0 Å². The largest absolute Gasteiger partial charge is 0.377 e. The van der Waals surface area contributed by atoms with Crippen molar-refractivity contribution in [3.63, 3.8) is 0 Å². The average Bonchev–Trinajstić information content (AvgIpc) is 2.74. The van der Waals surface area contributed by atoms with Gasteiger partial charge in [0.1, 0.15) is 4.90 Å². The van der Waals surface area contributed by atoms with Gasteiger partial charge in [-0.2, -0.15) is 17.2 Å². The molecule has 0 radical (unpaired) electrons. The summed E-state index contributed by atoms with van der Waals surface area (Å²) < 4.78 is 61.2. The van der Waals surface area contributed by atoms with Crippen LogP contribution in [0.2, 0.25) is 0 Å². The molecule has 0 aliphatic heterocycles. The molecule has 154 valence electrons. The van der Waals surface area contributed by atoms with Crippen LogP contribution in [0.15, 0.2) is 96.1 Å². The van der Waals surface area contributed by atoms with E-state index in [4.69, 9.17) is 4.18 Å². The van der Waals surface area contributed by atoms with E-state index in [0.717, 1.165) is 11.6 Å². The second-order valence-electron chi connectivity index (χ2n) is 6.67. The van der Waals surface area contributed by atoms with E-state index in [1.165, 1.54) is 42.5 Å². The number of rotatable bonds is 7. The lowest BCUT2D eigenvalue weighted by Gasteiger charge is -2.21. The molecule has 0 unspecified atom stereocenters. The van der Waals surface area contributed by atoms with E-state index in [9.17, 15) is 8.42 Å². The third kappa shape index (κ3) is 4.83. The first-order valence-corrected chi connectivity index (χ1v) is 10.5. The maximum absolute atomic E-state index is 15.4. The maximum atomic E-state index is 15.4. The minimum absolute atomic E-state index is 0.204. The molecule has 3 aromatic rings. The van der Waals surface area contributed by atoms with Gasteiger partial charge in [-0.3, -0.25) is 0 Å². The molecule has 3 rings (SSSR count). The molecule has 0 amide bonds. The highest BCUT2D eigenvalue weighted by atomic mass is 32.2. The summed E-state index contributed by atoms with van der Waals surface area (Å²) in [4.78, 5) is -0.204. The van der Waals surface area contributed by atoms with Gasteiger partial charge < -0.3 is 4.18 Å².